The van der Waals surface area contributed by atoms with Gasteiger partial charge >= 0.3 is 0 Å². The van der Waals surface area contributed by atoms with E-state index in [4.69, 9.17) is 10.5 Å². The van der Waals surface area contributed by atoms with E-state index in [1.807, 2.05) is 36.6 Å². The van der Waals surface area contributed by atoms with Crippen molar-refractivity contribution in [1.29, 1.82) is 0 Å². The topological polar surface area (TPSA) is 64.3 Å². The maximum absolute atomic E-state index is 12.3. The molecule has 0 aliphatic heterocycles. The molecule has 0 aliphatic carbocycles. The van der Waals surface area contributed by atoms with E-state index in [0.29, 0.717) is 17.1 Å². The summed E-state index contributed by atoms with van der Waals surface area (Å²) >= 11 is 1.37. The second-order valence-corrected chi connectivity index (χ2v) is 5.26. The highest BCUT2D eigenvalue weighted by Gasteiger charge is 2.20. The van der Waals surface area contributed by atoms with Crippen LogP contribution in [0.25, 0.3) is 11.1 Å². The Balaban J connectivity index is 2.45. The molecule has 0 saturated carbocycles. The summed E-state index contributed by atoms with van der Waals surface area (Å²) in [5.74, 6) is 0.598. The molecule has 0 fully saturated rings. The summed E-state index contributed by atoms with van der Waals surface area (Å²) in [6, 6.07) is 7.61. The number of para-hydroxylation sites is 1. The number of benzene rings is 1. The summed E-state index contributed by atoms with van der Waals surface area (Å²) < 4.78 is 5.36. The fraction of sp³-hybridized carbons (Fsp3) is 0.267. The van der Waals surface area contributed by atoms with Gasteiger partial charge in [-0.15, -0.1) is 11.3 Å². The number of anilines is 1. The van der Waals surface area contributed by atoms with Gasteiger partial charge in [0, 0.05) is 23.1 Å². The number of rotatable bonds is 5. The monoisotopic (exact) mass is 290 g/mol. The van der Waals surface area contributed by atoms with Crippen molar-refractivity contribution in [2.45, 2.75) is 13.3 Å². The number of methoxy groups -OCH3 is 1. The van der Waals surface area contributed by atoms with E-state index in [0.717, 1.165) is 23.3 Å². The smallest absolute Gasteiger partial charge is 0.254 e. The molecular formula is C15H18N2O2S. The number of hydrogen-bond donors (Lipinski definition) is 2. The Morgan fingerprint density at radius 2 is 2.10 bits per heavy atom. The van der Waals surface area contributed by atoms with Crippen LogP contribution in [0, 0.1) is 0 Å². The normalized spacial score (nSPS) is 10.3. The zero-order valence-corrected chi connectivity index (χ0v) is 12.4. The number of ether oxygens (including phenoxy) is 1. The average molecular weight is 290 g/mol. The molecule has 0 aliphatic rings. The van der Waals surface area contributed by atoms with Crippen LogP contribution in [0.4, 0.5) is 5.00 Å². The predicted molar refractivity (Wildman–Crippen MR) is 83.3 cm³/mol. The van der Waals surface area contributed by atoms with E-state index >= 15 is 0 Å². The molecule has 0 bridgehead atoms. The molecule has 0 atom stereocenters. The molecule has 0 spiro atoms. The van der Waals surface area contributed by atoms with Crippen molar-refractivity contribution in [3.8, 4) is 16.9 Å². The van der Waals surface area contributed by atoms with Crippen LogP contribution < -0.4 is 15.8 Å². The predicted octanol–water partition coefficient (Wildman–Crippen LogP) is 3.15. The highest BCUT2D eigenvalue weighted by molar-refractivity contribution is 7.15. The van der Waals surface area contributed by atoms with Gasteiger partial charge in [-0.1, -0.05) is 25.1 Å². The molecule has 5 heteroatoms. The first kappa shape index (κ1) is 14.4. The van der Waals surface area contributed by atoms with Crippen LogP contribution in [-0.4, -0.2) is 19.6 Å². The van der Waals surface area contributed by atoms with Gasteiger partial charge in [-0.2, -0.15) is 0 Å². The summed E-state index contributed by atoms with van der Waals surface area (Å²) in [5.41, 5.74) is 8.19. The van der Waals surface area contributed by atoms with E-state index < -0.39 is 0 Å². The van der Waals surface area contributed by atoms with Gasteiger partial charge in [-0.3, -0.25) is 4.79 Å². The first-order valence-corrected chi connectivity index (χ1v) is 7.35. The number of carbonyl (C=O) groups is 1. The number of thiophene rings is 1. The largest absolute Gasteiger partial charge is 0.496 e. The Morgan fingerprint density at radius 3 is 2.80 bits per heavy atom. The minimum atomic E-state index is -0.133. The molecule has 1 aromatic carbocycles. The Kier molecular flexibility index (Phi) is 4.63. The second kappa shape index (κ2) is 6.43. The van der Waals surface area contributed by atoms with Crippen molar-refractivity contribution >= 4 is 22.2 Å². The molecule has 1 amide bonds. The van der Waals surface area contributed by atoms with Gasteiger partial charge in [-0.05, 0) is 12.5 Å². The number of carbonyl (C=O) groups excluding carboxylic acids is 1. The molecule has 1 heterocycles. The summed E-state index contributed by atoms with van der Waals surface area (Å²) in [6.45, 7) is 2.65. The lowest BCUT2D eigenvalue weighted by atomic mass is 10.0. The fourth-order valence-corrected chi connectivity index (χ4v) is 2.81. The van der Waals surface area contributed by atoms with Crippen LogP contribution in [0.3, 0.4) is 0 Å². The second-order valence-electron chi connectivity index (χ2n) is 4.34. The fourth-order valence-electron chi connectivity index (χ4n) is 2.00. The molecule has 0 unspecified atom stereocenters. The molecule has 2 aromatic rings. The van der Waals surface area contributed by atoms with Gasteiger partial charge in [0.2, 0.25) is 0 Å². The van der Waals surface area contributed by atoms with E-state index in [-0.39, 0.29) is 5.91 Å². The van der Waals surface area contributed by atoms with Crippen molar-refractivity contribution < 1.29 is 9.53 Å². The molecule has 3 N–H and O–H groups in total. The molecule has 4 nitrogen and oxygen atoms in total. The van der Waals surface area contributed by atoms with Crippen LogP contribution in [-0.2, 0) is 0 Å². The molecule has 106 valence electrons. The number of nitrogens with one attached hydrogen (secondary N) is 1. The SMILES string of the molecule is CCCNC(=O)c1c(-c2ccccc2OC)csc1N. The van der Waals surface area contributed by atoms with Crippen LogP contribution in [0.15, 0.2) is 29.6 Å². The Hall–Kier alpha value is -2.01. The molecule has 20 heavy (non-hydrogen) atoms. The Morgan fingerprint density at radius 1 is 1.35 bits per heavy atom. The minimum absolute atomic E-state index is 0.133. The highest BCUT2D eigenvalue weighted by atomic mass is 32.1. The lowest BCUT2D eigenvalue weighted by Crippen LogP contribution is -2.24. The highest BCUT2D eigenvalue weighted by Crippen LogP contribution is 2.38. The zero-order chi connectivity index (χ0) is 14.5. The van der Waals surface area contributed by atoms with Crippen molar-refractivity contribution in [1.82, 2.24) is 5.32 Å². The lowest BCUT2D eigenvalue weighted by molar-refractivity contribution is 0.0955. The number of hydrogen-bond acceptors (Lipinski definition) is 4. The number of nitrogens with two attached hydrogens (primary N) is 1. The van der Waals surface area contributed by atoms with E-state index in [9.17, 15) is 4.79 Å². The van der Waals surface area contributed by atoms with Gasteiger partial charge < -0.3 is 15.8 Å². The van der Waals surface area contributed by atoms with E-state index in [1.165, 1.54) is 11.3 Å². The first-order valence-electron chi connectivity index (χ1n) is 6.47. The van der Waals surface area contributed by atoms with Crippen LogP contribution in [0.2, 0.25) is 0 Å². The third kappa shape index (κ3) is 2.77. The summed E-state index contributed by atoms with van der Waals surface area (Å²) in [4.78, 5) is 12.3. The van der Waals surface area contributed by atoms with Gasteiger partial charge in [-0.25, -0.2) is 0 Å². The standard InChI is InChI=1S/C15H18N2O2S/c1-3-8-17-15(18)13-11(9-20-14(13)16)10-6-4-5-7-12(10)19-2/h4-7,9H,3,8,16H2,1-2H3,(H,17,18). The summed E-state index contributed by atoms with van der Waals surface area (Å²) in [7, 11) is 1.62. The minimum Gasteiger partial charge on any atom is -0.496 e. The quantitative estimate of drug-likeness (QED) is 0.889. The molecule has 0 saturated heterocycles. The van der Waals surface area contributed by atoms with Crippen molar-refractivity contribution in [2.75, 3.05) is 19.4 Å². The van der Waals surface area contributed by atoms with E-state index in [2.05, 4.69) is 5.32 Å². The third-order valence-corrected chi connectivity index (χ3v) is 3.79. The Bertz CT molecular complexity index is 608. The number of nitrogen functional groups attached to an aromatic ring is 1. The van der Waals surface area contributed by atoms with Crippen LogP contribution >= 0.6 is 11.3 Å². The molecule has 0 radical (unpaired) electrons. The third-order valence-electron chi connectivity index (χ3n) is 2.98. The molecular weight excluding hydrogens is 272 g/mol. The Labute approximate surface area is 122 Å². The van der Waals surface area contributed by atoms with Crippen molar-refractivity contribution in [3.05, 3.63) is 35.2 Å². The maximum atomic E-state index is 12.3. The van der Waals surface area contributed by atoms with Gasteiger partial charge in [0.1, 0.15) is 5.75 Å². The molecule has 2 rings (SSSR count). The maximum Gasteiger partial charge on any atom is 0.254 e. The summed E-state index contributed by atoms with van der Waals surface area (Å²) in [6.07, 6.45) is 0.889. The lowest BCUT2D eigenvalue weighted by Gasteiger charge is -2.10. The zero-order valence-electron chi connectivity index (χ0n) is 11.6. The first-order chi connectivity index (χ1) is 9.69. The average Bonchev–Trinajstić information content (AvgIpc) is 2.86. The number of amides is 1. The van der Waals surface area contributed by atoms with Crippen LogP contribution in [0.1, 0.15) is 23.7 Å². The molecule has 1 aromatic heterocycles. The van der Waals surface area contributed by atoms with Gasteiger partial charge in [0.25, 0.3) is 5.91 Å². The summed E-state index contributed by atoms with van der Waals surface area (Å²) in [5, 5.41) is 5.29. The van der Waals surface area contributed by atoms with Gasteiger partial charge in [0.15, 0.2) is 0 Å². The van der Waals surface area contributed by atoms with Crippen LogP contribution in [0.5, 0.6) is 5.75 Å². The van der Waals surface area contributed by atoms with Crippen molar-refractivity contribution in [3.63, 3.8) is 0 Å². The van der Waals surface area contributed by atoms with Gasteiger partial charge in [0.05, 0.1) is 17.7 Å². The van der Waals surface area contributed by atoms with E-state index in [1.54, 1.807) is 7.11 Å². The van der Waals surface area contributed by atoms with Crippen molar-refractivity contribution in [2.24, 2.45) is 0 Å².